The van der Waals surface area contributed by atoms with Gasteiger partial charge in [0.15, 0.2) is 0 Å². The van der Waals surface area contributed by atoms with Crippen LogP contribution in [0.4, 0.5) is 5.95 Å². The zero-order chi connectivity index (χ0) is 10.6. The monoisotopic (exact) mass is 306 g/mol. The summed E-state index contributed by atoms with van der Waals surface area (Å²) in [6.45, 7) is 0.216. The zero-order valence-electron chi connectivity index (χ0n) is 7.99. The quantitative estimate of drug-likeness (QED) is 0.830. The van der Waals surface area contributed by atoms with E-state index in [9.17, 15) is 4.79 Å². The van der Waals surface area contributed by atoms with Crippen molar-refractivity contribution in [3.63, 3.8) is 0 Å². The van der Waals surface area contributed by atoms with Gasteiger partial charge < -0.3 is 10.2 Å². The number of amides is 1. The second-order valence-electron chi connectivity index (χ2n) is 2.87. The van der Waals surface area contributed by atoms with E-state index in [0.29, 0.717) is 5.95 Å². The van der Waals surface area contributed by atoms with E-state index in [-0.39, 0.29) is 12.5 Å². The van der Waals surface area contributed by atoms with Gasteiger partial charge in [-0.2, -0.15) is 0 Å². The van der Waals surface area contributed by atoms with Gasteiger partial charge in [0, 0.05) is 30.1 Å². The van der Waals surface area contributed by atoms with Gasteiger partial charge >= 0.3 is 0 Å². The minimum Gasteiger partial charge on any atom is -0.347 e. The molecule has 0 aliphatic heterocycles. The van der Waals surface area contributed by atoms with Gasteiger partial charge in [-0.3, -0.25) is 4.79 Å². The van der Waals surface area contributed by atoms with Crippen molar-refractivity contribution in [1.82, 2.24) is 14.9 Å². The molecule has 6 heteroatoms. The van der Waals surface area contributed by atoms with Crippen LogP contribution in [-0.2, 0) is 4.79 Å². The van der Waals surface area contributed by atoms with Crippen molar-refractivity contribution in [2.24, 2.45) is 0 Å². The highest BCUT2D eigenvalue weighted by Gasteiger charge is 2.03. The molecule has 1 heterocycles. The summed E-state index contributed by atoms with van der Waals surface area (Å²) in [5.41, 5.74) is 0. The van der Waals surface area contributed by atoms with E-state index in [1.165, 1.54) is 4.90 Å². The van der Waals surface area contributed by atoms with Crippen molar-refractivity contribution < 1.29 is 4.79 Å². The van der Waals surface area contributed by atoms with E-state index in [0.717, 1.165) is 3.57 Å². The SMILES string of the molecule is CN(C)C(=O)CNc1ncc(I)cn1. The maximum Gasteiger partial charge on any atom is 0.241 e. The van der Waals surface area contributed by atoms with Crippen LogP contribution in [0.3, 0.4) is 0 Å². The number of anilines is 1. The predicted molar refractivity (Wildman–Crippen MR) is 61.9 cm³/mol. The topological polar surface area (TPSA) is 58.1 Å². The number of carbonyl (C=O) groups excluding carboxylic acids is 1. The first-order valence-electron chi connectivity index (χ1n) is 4.01. The Kier molecular flexibility index (Phi) is 4.05. The molecule has 1 amide bonds. The normalized spacial score (nSPS) is 9.64. The second-order valence-corrected chi connectivity index (χ2v) is 4.11. The van der Waals surface area contributed by atoms with Crippen LogP contribution in [0.25, 0.3) is 0 Å². The molecule has 0 atom stereocenters. The summed E-state index contributed by atoms with van der Waals surface area (Å²) in [5.74, 6) is 0.466. The van der Waals surface area contributed by atoms with Crippen LogP contribution in [0.5, 0.6) is 0 Å². The van der Waals surface area contributed by atoms with Crippen LogP contribution in [0.2, 0.25) is 0 Å². The lowest BCUT2D eigenvalue weighted by Crippen LogP contribution is -2.29. The van der Waals surface area contributed by atoms with Crippen molar-refractivity contribution in [1.29, 1.82) is 0 Å². The number of aromatic nitrogens is 2. The van der Waals surface area contributed by atoms with E-state index >= 15 is 0 Å². The van der Waals surface area contributed by atoms with Gasteiger partial charge in [0.2, 0.25) is 11.9 Å². The first kappa shape index (κ1) is 11.2. The first-order valence-corrected chi connectivity index (χ1v) is 5.09. The van der Waals surface area contributed by atoms with E-state index in [1.807, 2.05) is 0 Å². The summed E-state index contributed by atoms with van der Waals surface area (Å²) in [7, 11) is 3.41. The summed E-state index contributed by atoms with van der Waals surface area (Å²) in [6.07, 6.45) is 3.38. The highest BCUT2D eigenvalue weighted by atomic mass is 127. The van der Waals surface area contributed by atoms with Crippen LogP contribution < -0.4 is 5.32 Å². The van der Waals surface area contributed by atoms with Gasteiger partial charge in [-0.25, -0.2) is 9.97 Å². The Balaban J connectivity index is 2.46. The fourth-order valence-corrected chi connectivity index (χ4v) is 0.995. The third kappa shape index (κ3) is 3.44. The average molecular weight is 306 g/mol. The lowest BCUT2D eigenvalue weighted by atomic mass is 10.5. The molecule has 0 saturated heterocycles. The molecule has 1 N–H and O–H groups in total. The van der Waals surface area contributed by atoms with Gasteiger partial charge in [-0.05, 0) is 22.6 Å². The highest BCUT2D eigenvalue weighted by Crippen LogP contribution is 2.02. The molecule has 0 spiro atoms. The molecule has 0 saturated carbocycles. The maximum atomic E-state index is 11.2. The average Bonchev–Trinajstić information content (AvgIpc) is 2.16. The van der Waals surface area contributed by atoms with Crippen molar-refractivity contribution in [2.45, 2.75) is 0 Å². The number of nitrogens with zero attached hydrogens (tertiary/aromatic N) is 3. The summed E-state index contributed by atoms with van der Waals surface area (Å²) in [4.78, 5) is 20.7. The zero-order valence-corrected chi connectivity index (χ0v) is 10.1. The fourth-order valence-electron chi connectivity index (χ4n) is 0.716. The van der Waals surface area contributed by atoms with Gasteiger partial charge in [0.05, 0.1) is 6.54 Å². The Hall–Kier alpha value is -0.920. The maximum absolute atomic E-state index is 11.2. The van der Waals surface area contributed by atoms with Crippen LogP contribution in [0, 0.1) is 3.57 Å². The Morgan fingerprint density at radius 2 is 2.07 bits per heavy atom. The molecule has 5 nitrogen and oxygen atoms in total. The van der Waals surface area contributed by atoms with Crippen molar-refractivity contribution in [3.05, 3.63) is 16.0 Å². The molecule has 0 radical (unpaired) electrons. The Morgan fingerprint density at radius 3 is 2.57 bits per heavy atom. The Morgan fingerprint density at radius 1 is 1.50 bits per heavy atom. The first-order chi connectivity index (χ1) is 6.59. The summed E-state index contributed by atoms with van der Waals surface area (Å²) >= 11 is 2.12. The molecule has 0 bridgehead atoms. The van der Waals surface area contributed by atoms with Crippen molar-refractivity contribution in [3.8, 4) is 0 Å². The molecule has 0 fully saturated rings. The highest BCUT2D eigenvalue weighted by molar-refractivity contribution is 14.1. The van der Waals surface area contributed by atoms with E-state index in [4.69, 9.17) is 0 Å². The second kappa shape index (κ2) is 5.08. The number of halogens is 1. The number of hydrogen-bond acceptors (Lipinski definition) is 4. The molecule has 14 heavy (non-hydrogen) atoms. The molecular formula is C8H11IN4O. The number of nitrogens with one attached hydrogen (secondary N) is 1. The summed E-state index contributed by atoms with van der Waals surface area (Å²) in [5, 5.41) is 2.84. The van der Waals surface area contributed by atoms with Gasteiger partial charge in [0.25, 0.3) is 0 Å². The number of likely N-dealkylation sites (N-methyl/N-ethyl adjacent to an activating group) is 1. The number of hydrogen-bond donors (Lipinski definition) is 1. The van der Waals surface area contributed by atoms with E-state index in [2.05, 4.69) is 37.9 Å². The fraction of sp³-hybridized carbons (Fsp3) is 0.375. The molecule has 0 aliphatic carbocycles. The largest absolute Gasteiger partial charge is 0.347 e. The van der Waals surface area contributed by atoms with Crippen LogP contribution in [0.15, 0.2) is 12.4 Å². The number of rotatable bonds is 3. The third-order valence-corrected chi connectivity index (χ3v) is 2.07. The molecule has 1 rings (SSSR count). The summed E-state index contributed by atoms with van der Waals surface area (Å²) < 4.78 is 0.965. The minimum absolute atomic E-state index is 0.00727. The van der Waals surface area contributed by atoms with E-state index < -0.39 is 0 Å². The molecule has 1 aromatic heterocycles. The van der Waals surface area contributed by atoms with Gasteiger partial charge in [0.1, 0.15) is 0 Å². The van der Waals surface area contributed by atoms with Crippen LogP contribution in [-0.4, -0.2) is 41.4 Å². The van der Waals surface area contributed by atoms with E-state index in [1.54, 1.807) is 26.5 Å². The van der Waals surface area contributed by atoms with Gasteiger partial charge in [-0.15, -0.1) is 0 Å². The molecule has 0 aromatic carbocycles. The summed E-state index contributed by atoms with van der Waals surface area (Å²) in [6, 6.07) is 0. The van der Waals surface area contributed by atoms with Crippen molar-refractivity contribution >= 4 is 34.4 Å². The third-order valence-electron chi connectivity index (χ3n) is 1.52. The van der Waals surface area contributed by atoms with Crippen molar-refractivity contribution in [2.75, 3.05) is 26.0 Å². The van der Waals surface area contributed by atoms with Crippen LogP contribution >= 0.6 is 22.6 Å². The number of carbonyl (C=O) groups is 1. The van der Waals surface area contributed by atoms with Crippen LogP contribution in [0.1, 0.15) is 0 Å². The minimum atomic E-state index is -0.00727. The lowest BCUT2D eigenvalue weighted by Gasteiger charge is -2.10. The smallest absolute Gasteiger partial charge is 0.241 e. The molecular weight excluding hydrogens is 295 g/mol. The molecule has 76 valence electrons. The standard InChI is InChI=1S/C8H11IN4O/c1-13(2)7(14)5-12-8-10-3-6(9)4-11-8/h3-4H,5H2,1-2H3,(H,10,11,12). The van der Waals surface area contributed by atoms with Gasteiger partial charge in [-0.1, -0.05) is 0 Å². The molecule has 0 aliphatic rings. The Bertz CT molecular complexity index is 312. The Labute approximate surface area is 96.1 Å². The lowest BCUT2D eigenvalue weighted by molar-refractivity contribution is -0.126. The molecule has 0 unspecified atom stereocenters. The molecule has 1 aromatic rings. The predicted octanol–water partition coefficient (Wildman–Crippen LogP) is 0.581.